The van der Waals surface area contributed by atoms with Crippen LogP contribution in [0.1, 0.15) is 59.1 Å². The van der Waals surface area contributed by atoms with Crippen molar-refractivity contribution in [3.63, 3.8) is 0 Å². The number of rotatable bonds is 7. The topological polar surface area (TPSA) is 109 Å². The number of hydrogen-bond donors (Lipinski definition) is 3. The van der Waals surface area contributed by atoms with Gasteiger partial charge in [-0.3, -0.25) is 4.79 Å². The molecule has 0 spiro atoms. The number of allylic oxidation sites excluding steroid dienone is 4. The molecule has 0 aliphatic carbocycles. The van der Waals surface area contributed by atoms with Crippen LogP contribution < -0.4 is 14.9 Å². The van der Waals surface area contributed by atoms with Gasteiger partial charge in [0.25, 0.3) is 0 Å². The van der Waals surface area contributed by atoms with Gasteiger partial charge in [-0.05, 0) is 71.7 Å². The lowest BCUT2D eigenvalue weighted by molar-refractivity contribution is 0.243. The minimum Gasteiger partial charge on any atom is -0.508 e. The van der Waals surface area contributed by atoms with Gasteiger partial charge in [0.1, 0.15) is 41.1 Å². The monoisotopic (exact) mass is 504 g/mol. The van der Waals surface area contributed by atoms with Crippen molar-refractivity contribution in [2.45, 2.75) is 53.6 Å². The van der Waals surface area contributed by atoms with Gasteiger partial charge < -0.3 is 29.2 Å². The molecule has 7 nitrogen and oxygen atoms in total. The van der Waals surface area contributed by atoms with Crippen LogP contribution in [0.3, 0.4) is 0 Å². The molecule has 1 aliphatic heterocycles. The van der Waals surface area contributed by atoms with Crippen molar-refractivity contribution < 1.29 is 29.2 Å². The minimum atomic E-state index is -0.793. The molecule has 2 aromatic carbocycles. The molecule has 1 aliphatic rings. The molecule has 37 heavy (non-hydrogen) atoms. The first-order chi connectivity index (χ1) is 17.6. The van der Waals surface area contributed by atoms with Crippen molar-refractivity contribution >= 4 is 11.0 Å². The molecule has 0 saturated carbocycles. The zero-order chi connectivity index (χ0) is 26.9. The molecule has 0 amide bonds. The van der Waals surface area contributed by atoms with E-state index in [-0.39, 0.29) is 46.1 Å². The van der Waals surface area contributed by atoms with Crippen LogP contribution in [-0.2, 0) is 0 Å². The van der Waals surface area contributed by atoms with Gasteiger partial charge in [-0.25, -0.2) is 0 Å². The number of fused-ring (bicyclic) bond motifs is 4. The second kappa shape index (κ2) is 10.5. The van der Waals surface area contributed by atoms with Gasteiger partial charge in [0.15, 0.2) is 11.3 Å². The molecule has 0 bridgehead atoms. The van der Waals surface area contributed by atoms with Crippen LogP contribution in [0.15, 0.2) is 68.4 Å². The number of hydrogen-bond acceptors (Lipinski definition) is 7. The minimum absolute atomic E-state index is 0.00680. The zero-order valence-electron chi connectivity index (χ0n) is 21.7. The van der Waals surface area contributed by atoms with Gasteiger partial charge in [-0.2, -0.15) is 0 Å². The average Bonchev–Trinajstić information content (AvgIpc) is 2.79. The third-order valence-electron chi connectivity index (χ3n) is 6.10. The van der Waals surface area contributed by atoms with Gasteiger partial charge in [0.05, 0.1) is 11.1 Å². The Morgan fingerprint density at radius 1 is 1.00 bits per heavy atom. The highest BCUT2D eigenvalue weighted by molar-refractivity contribution is 5.93. The van der Waals surface area contributed by atoms with Crippen molar-refractivity contribution in [2.75, 3.05) is 6.61 Å². The summed E-state index contributed by atoms with van der Waals surface area (Å²) in [6.45, 7) is 10.0. The Balaban J connectivity index is 1.84. The predicted molar refractivity (Wildman–Crippen MR) is 144 cm³/mol. The number of phenols is 3. The molecule has 7 heteroatoms. The van der Waals surface area contributed by atoms with Crippen LogP contribution in [0.5, 0.6) is 28.7 Å². The third-order valence-corrected chi connectivity index (χ3v) is 6.10. The fraction of sp³-hybridized carbons (Fsp3) is 0.300. The predicted octanol–water partition coefficient (Wildman–Crippen LogP) is 7.05. The lowest BCUT2D eigenvalue weighted by atomic mass is 9.95. The van der Waals surface area contributed by atoms with Crippen molar-refractivity contribution in [1.29, 1.82) is 0 Å². The zero-order valence-corrected chi connectivity index (χ0v) is 21.7. The summed E-state index contributed by atoms with van der Waals surface area (Å²) in [5.74, 6) is -0.220. The molecule has 0 radical (unpaired) electrons. The first kappa shape index (κ1) is 25.9. The molecule has 3 aromatic rings. The fourth-order valence-corrected chi connectivity index (χ4v) is 4.29. The first-order valence-electron chi connectivity index (χ1n) is 12.2. The van der Waals surface area contributed by atoms with Crippen molar-refractivity contribution in [1.82, 2.24) is 0 Å². The summed E-state index contributed by atoms with van der Waals surface area (Å²) in [6.07, 6.45) is 6.84. The van der Waals surface area contributed by atoms with Crippen LogP contribution in [0.4, 0.5) is 0 Å². The van der Waals surface area contributed by atoms with E-state index in [1.54, 1.807) is 12.1 Å². The molecule has 2 heterocycles. The molecule has 1 atom stereocenters. The van der Waals surface area contributed by atoms with Crippen LogP contribution in [-0.4, -0.2) is 21.9 Å². The van der Waals surface area contributed by atoms with Crippen molar-refractivity contribution in [2.24, 2.45) is 0 Å². The summed E-state index contributed by atoms with van der Waals surface area (Å²) in [6, 6.07) is 5.60. The average molecular weight is 505 g/mol. The highest BCUT2D eigenvalue weighted by atomic mass is 16.5. The quantitative estimate of drug-likeness (QED) is 0.296. The molecule has 3 N–H and O–H groups in total. The lowest BCUT2D eigenvalue weighted by Gasteiger charge is -2.26. The summed E-state index contributed by atoms with van der Waals surface area (Å²) in [7, 11) is 0. The Bertz CT molecular complexity index is 1500. The summed E-state index contributed by atoms with van der Waals surface area (Å²) in [5.41, 5.74) is 3.42. The van der Waals surface area contributed by atoms with Crippen LogP contribution >= 0.6 is 0 Å². The van der Waals surface area contributed by atoms with Crippen molar-refractivity contribution in [3.05, 3.63) is 75.0 Å². The molecule has 0 fully saturated rings. The molecule has 1 aromatic heterocycles. The molecule has 0 saturated heterocycles. The largest absolute Gasteiger partial charge is 0.508 e. The second-order valence-corrected chi connectivity index (χ2v) is 9.77. The number of aromatic hydroxyl groups is 3. The Kier molecular flexibility index (Phi) is 7.34. The van der Waals surface area contributed by atoms with Crippen LogP contribution in [0.2, 0.25) is 0 Å². The van der Waals surface area contributed by atoms with Crippen LogP contribution in [0, 0.1) is 0 Å². The highest BCUT2D eigenvalue weighted by Gasteiger charge is 2.33. The van der Waals surface area contributed by atoms with E-state index in [9.17, 15) is 20.1 Å². The van der Waals surface area contributed by atoms with E-state index in [4.69, 9.17) is 13.9 Å². The number of phenolic OH excluding ortho intramolecular Hbond substituents is 3. The van der Waals surface area contributed by atoms with Gasteiger partial charge in [-0.1, -0.05) is 22.8 Å². The van der Waals surface area contributed by atoms with Gasteiger partial charge >= 0.3 is 0 Å². The standard InChI is InChI=1S/C30H32O7/c1-16(2)7-6-8-18(5)11-12-35-29-22(33)15-21(32)25-27(34)26-24(13-17(3)4)36-23-14-19(31)9-10-20(23)28(26)37-30(25)29/h7,9-11,13-15,24,31-33H,6,8,12H2,1-5H3/t24-/m0/s1. The second-order valence-electron chi connectivity index (χ2n) is 9.77. The highest BCUT2D eigenvalue weighted by Crippen LogP contribution is 2.47. The SMILES string of the molecule is CC(C)=CCCC(C)=CCOc1c(O)cc(O)c2c(=O)c3c(oc12)-c1ccc(O)cc1O[C@H]3C=C(C)C. The molecular formula is C30H32O7. The normalized spacial score (nSPS) is 14.4. The van der Waals surface area contributed by atoms with Crippen LogP contribution in [0.25, 0.3) is 22.3 Å². The summed E-state index contributed by atoms with van der Waals surface area (Å²) >= 11 is 0. The van der Waals surface area contributed by atoms with E-state index in [1.807, 2.05) is 26.8 Å². The lowest BCUT2D eigenvalue weighted by Crippen LogP contribution is -2.22. The third kappa shape index (κ3) is 5.35. The Labute approximate surface area is 215 Å². The Hall–Kier alpha value is -4.13. The summed E-state index contributed by atoms with van der Waals surface area (Å²) in [4.78, 5) is 13.7. The van der Waals surface area contributed by atoms with Crippen molar-refractivity contribution in [3.8, 4) is 40.1 Å². The molecule has 0 unspecified atom stereocenters. The maximum atomic E-state index is 13.7. The maximum absolute atomic E-state index is 13.7. The van der Waals surface area contributed by atoms with E-state index in [1.165, 1.54) is 17.7 Å². The Morgan fingerprint density at radius 3 is 2.46 bits per heavy atom. The number of ether oxygens (including phenoxy) is 2. The van der Waals surface area contributed by atoms with Gasteiger partial charge in [0.2, 0.25) is 11.2 Å². The van der Waals surface area contributed by atoms with E-state index >= 15 is 0 Å². The smallest absolute Gasteiger partial charge is 0.205 e. The van der Waals surface area contributed by atoms with E-state index < -0.39 is 17.3 Å². The first-order valence-corrected chi connectivity index (χ1v) is 12.2. The summed E-state index contributed by atoms with van der Waals surface area (Å²) in [5, 5.41) is 31.1. The van der Waals surface area contributed by atoms with E-state index in [0.29, 0.717) is 11.3 Å². The van der Waals surface area contributed by atoms with E-state index in [2.05, 4.69) is 19.9 Å². The fourth-order valence-electron chi connectivity index (χ4n) is 4.29. The molecule has 4 rings (SSSR count). The van der Waals surface area contributed by atoms with E-state index in [0.717, 1.165) is 30.1 Å². The summed E-state index contributed by atoms with van der Waals surface area (Å²) < 4.78 is 18.1. The maximum Gasteiger partial charge on any atom is 0.205 e. The van der Waals surface area contributed by atoms with Gasteiger partial charge in [-0.15, -0.1) is 0 Å². The van der Waals surface area contributed by atoms with Gasteiger partial charge in [0, 0.05) is 12.1 Å². The molecular weight excluding hydrogens is 472 g/mol. The Morgan fingerprint density at radius 2 is 1.76 bits per heavy atom. The molecule has 194 valence electrons. The number of benzene rings is 2.